The number of nitrogens with two attached hydrogens (primary N) is 1. The minimum absolute atomic E-state index is 0.500. The Labute approximate surface area is 117 Å². The molecule has 3 N–H and O–H groups in total. The highest BCUT2D eigenvalue weighted by molar-refractivity contribution is 6.31. The van der Waals surface area contributed by atoms with Crippen LogP contribution >= 0.6 is 11.6 Å². The van der Waals surface area contributed by atoms with Crippen molar-refractivity contribution in [1.29, 1.82) is 0 Å². The minimum atomic E-state index is 0.500. The number of H-pyrrole nitrogens is 1. The van der Waals surface area contributed by atoms with Gasteiger partial charge >= 0.3 is 0 Å². The fourth-order valence-corrected chi connectivity index (χ4v) is 2.78. The summed E-state index contributed by atoms with van der Waals surface area (Å²) in [6.07, 6.45) is 3.80. The number of nitrogens with zero attached hydrogens (tertiary/aromatic N) is 2. The molecule has 2 heterocycles. The molecule has 3 rings (SSSR count). The lowest BCUT2D eigenvalue weighted by atomic mass is 10.1. The normalized spacial score (nSPS) is 15.7. The van der Waals surface area contributed by atoms with Crippen molar-refractivity contribution in [1.82, 2.24) is 10.2 Å². The van der Waals surface area contributed by atoms with Crippen molar-refractivity contribution in [3.05, 3.63) is 29.3 Å². The van der Waals surface area contributed by atoms with Crippen LogP contribution in [0.15, 0.2) is 24.3 Å². The minimum Gasteiger partial charge on any atom is -0.382 e. The number of halogens is 1. The molecular weight excluding hydrogens is 260 g/mol. The second-order valence-electron chi connectivity index (χ2n) is 4.92. The number of piperidine rings is 1. The highest BCUT2D eigenvalue weighted by Gasteiger charge is 2.16. The number of anilines is 2. The van der Waals surface area contributed by atoms with E-state index < -0.39 is 0 Å². The summed E-state index contributed by atoms with van der Waals surface area (Å²) in [5, 5.41) is 7.69. The largest absolute Gasteiger partial charge is 0.382 e. The van der Waals surface area contributed by atoms with Crippen LogP contribution in [0, 0.1) is 0 Å². The van der Waals surface area contributed by atoms with Crippen molar-refractivity contribution < 1.29 is 0 Å². The van der Waals surface area contributed by atoms with Gasteiger partial charge in [0.2, 0.25) is 0 Å². The van der Waals surface area contributed by atoms with Gasteiger partial charge in [-0.1, -0.05) is 11.6 Å². The maximum atomic E-state index is 6.13. The second kappa shape index (κ2) is 5.13. The smallest absolute Gasteiger partial charge is 0.145 e. The lowest BCUT2D eigenvalue weighted by Gasteiger charge is -2.30. The average molecular weight is 277 g/mol. The topological polar surface area (TPSA) is 57.9 Å². The molecule has 0 aliphatic carbocycles. The van der Waals surface area contributed by atoms with E-state index in [1.54, 1.807) is 0 Å². The van der Waals surface area contributed by atoms with E-state index in [1.165, 1.54) is 24.9 Å². The quantitative estimate of drug-likeness (QED) is 0.885. The maximum absolute atomic E-state index is 6.13. The van der Waals surface area contributed by atoms with Gasteiger partial charge in [0, 0.05) is 35.4 Å². The number of nitrogen functional groups attached to an aromatic ring is 1. The zero-order valence-corrected chi connectivity index (χ0v) is 11.5. The van der Waals surface area contributed by atoms with Crippen LogP contribution in [0.2, 0.25) is 5.02 Å². The van der Waals surface area contributed by atoms with Crippen LogP contribution in [0.4, 0.5) is 11.5 Å². The van der Waals surface area contributed by atoms with E-state index in [4.69, 9.17) is 17.3 Å². The molecule has 0 spiro atoms. The van der Waals surface area contributed by atoms with Gasteiger partial charge in [0.15, 0.2) is 0 Å². The van der Waals surface area contributed by atoms with Gasteiger partial charge in [-0.25, -0.2) is 0 Å². The number of aromatic amines is 1. The molecule has 2 aromatic rings. The van der Waals surface area contributed by atoms with Gasteiger partial charge in [0.1, 0.15) is 5.82 Å². The van der Waals surface area contributed by atoms with Crippen LogP contribution in [0.1, 0.15) is 19.3 Å². The zero-order chi connectivity index (χ0) is 13.2. The van der Waals surface area contributed by atoms with Crippen LogP contribution in [-0.4, -0.2) is 23.3 Å². The first-order valence-electron chi connectivity index (χ1n) is 6.60. The molecule has 1 aromatic heterocycles. The maximum Gasteiger partial charge on any atom is 0.145 e. The van der Waals surface area contributed by atoms with Gasteiger partial charge in [0.25, 0.3) is 0 Å². The highest BCUT2D eigenvalue weighted by atomic mass is 35.5. The van der Waals surface area contributed by atoms with E-state index in [-0.39, 0.29) is 0 Å². The predicted octanol–water partition coefficient (Wildman–Crippen LogP) is 3.30. The van der Waals surface area contributed by atoms with E-state index >= 15 is 0 Å². The molecule has 0 amide bonds. The Hall–Kier alpha value is -1.68. The summed E-state index contributed by atoms with van der Waals surface area (Å²) in [5.41, 5.74) is 8.88. The lowest BCUT2D eigenvalue weighted by molar-refractivity contribution is 0.578. The summed E-state index contributed by atoms with van der Waals surface area (Å²) >= 11 is 6.13. The highest BCUT2D eigenvalue weighted by Crippen LogP contribution is 2.34. The average Bonchev–Trinajstić information content (AvgIpc) is 2.86. The van der Waals surface area contributed by atoms with E-state index in [2.05, 4.69) is 21.2 Å². The fraction of sp³-hybridized carbons (Fsp3) is 0.357. The van der Waals surface area contributed by atoms with Crippen LogP contribution in [0.5, 0.6) is 0 Å². The zero-order valence-electron chi connectivity index (χ0n) is 10.7. The number of rotatable bonds is 2. The first-order chi connectivity index (χ1) is 9.24. The molecule has 0 bridgehead atoms. The van der Waals surface area contributed by atoms with Crippen LogP contribution in [0.3, 0.4) is 0 Å². The predicted molar refractivity (Wildman–Crippen MR) is 79.5 cm³/mol. The van der Waals surface area contributed by atoms with Gasteiger partial charge in [-0.2, -0.15) is 5.10 Å². The van der Waals surface area contributed by atoms with Crippen molar-refractivity contribution in [2.45, 2.75) is 19.3 Å². The Kier molecular flexibility index (Phi) is 3.34. The Morgan fingerprint density at radius 1 is 1.16 bits per heavy atom. The van der Waals surface area contributed by atoms with Gasteiger partial charge in [-0.15, -0.1) is 0 Å². The molecule has 1 aliphatic heterocycles. The summed E-state index contributed by atoms with van der Waals surface area (Å²) in [6.45, 7) is 2.19. The Bertz CT molecular complexity index is 573. The molecule has 4 nitrogen and oxygen atoms in total. The van der Waals surface area contributed by atoms with Crippen molar-refractivity contribution in [2.24, 2.45) is 0 Å². The molecule has 0 radical (unpaired) electrons. The number of nitrogens with one attached hydrogen (secondary N) is 1. The first kappa shape index (κ1) is 12.4. The number of hydrogen-bond donors (Lipinski definition) is 2. The van der Waals surface area contributed by atoms with Crippen molar-refractivity contribution in [3.8, 4) is 11.3 Å². The summed E-state index contributed by atoms with van der Waals surface area (Å²) in [4.78, 5) is 2.41. The molecule has 1 aromatic carbocycles. The van der Waals surface area contributed by atoms with Crippen molar-refractivity contribution in [3.63, 3.8) is 0 Å². The fourth-order valence-electron chi connectivity index (χ4n) is 2.61. The van der Waals surface area contributed by atoms with E-state index in [9.17, 15) is 0 Å². The Morgan fingerprint density at radius 2 is 1.95 bits per heavy atom. The van der Waals surface area contributed by atoms with Crippen LogP contribution < -0.4 is 10.6 Å². The Morgan fingerprint density at radius 3 is 2.63 bits per heavy atom. The summed E-state index contributed by atoms with van der Waals surface area (Å²) in [7, 11) is 0. The molecule has 0 unspecified atom stereocenters. The summed E-state index contributed by atoms with van der Waals surface area (Å²) in [6, 6.07) is 7.84. The van der Waals surface area contributed by atoms with Gasteiger partial charge in [-0.05, 0) is 37.5 Å². The summed E-state index contributed by atoms with van der Waals surface area (Å²) < 4.78 is 0. The van der Waals surface area contributed by atoms with Gasteiger partial charge < -0.3 is 10.6 Å². The molecule has 19 heavy (non-hydrogen) atoms. The molecule has 1 fully saturated rings. The monoisotopic (exact) mass is 276 g/mol. The third-order valence-corrected chi connectivity index (χ3v) is 3.78. The number of aromatic nitrogens is 2. The molecule has 1 saturated heterocycles. The van der Waals surface area contributed by atoms with Crippen LogP contribution in [-0.2, 0) is 0 Å². The van der Waals surface area contributed by atoms with Crippen LogP contribution in [0.25, 0.3) is 11.3 Å². The van der Waals surface area contributed by atoms with E-state index in [0.29, 0.717) is 5.82 Å². The second-order valence-corrected chi connectivity index (χ2v) is 5.35. The van der Waals surface area contributed by atoms with Crippen molar-refractivity contribution in [2.75, 3.05) is 23.7 Å². The lowest BCUT2D eigenvalue weighted by Crippen LogP contribution is -2.29. The number of hydrogen-bond acceptors (Lipinski definition) is 3. The molecule has 100 valence electrons. The number of benzene rings is 1. The third-order valence-electron chi connectivity index (χ3n) is 3.54. The van der Waals surface area contributed by atoms with Gasteiger partial charge in [0.05, 0.1) is 5.69 Å². The third kappa shape index (κ3) is 2.54. The molecule has 5 heteroatoms. The molecule has 0 atom stereocenters. The van der Waals surface area contributed by atoms with E-state index in [0.717, 1.165) is 29.4 Å². The molecule has 1 aliphatic rings. The molecular formula is C14H17ClN4. The van der Waals surface area contributed by atoms with Crippen molar-refractivity contribution >= 4 is 23.1 Å². The summed E-state index contributed by atoms with van der Waals surface area (Å²) in [5.74, 6) is 0.500. The van der Waals surface area contributed by atoms with E-state index in [1.807, 2.05) is 18.2 Å². The SMILES string of the molecule is Nc1cc(-c2cc(Cl)ccc2N2CCCCC2)[nH]n1. The first-order valence-corrected chi connectivity index (χ1v) is 6.97. The standard InChI is InChI=1S/C14H17ClN4/c15-10-4-5-13(19-6-2-1-3-7-19)11(8-10)12-9-14(16)18-17-12/h4-5,8-9H,1-3,6-7H2,(H3,16,17,18). The molecule has 0 saturated carbocycles. The Balaban J connectivity index is 2.03. The van der Waals surface area contributed by atoms with Gasteiger partial charge in [-0.3, -0.25) is 5.10 Å².